The summed E-state index contributed by atoms with van der Waals surface area (Å²) in [6.45, 7) is 2.02. The molecule has 0 N–H and O–H groups in total. The first-order valence-electron chi connectivity index (χ1n) is 10.1. The highest BCUT2D eigenvalue weighted by molar-refractivity contribution is 7.99. The molecule has 0 saturated carbocycles. The largest absolute Gasteiger partial charge is 0.485 e. The van der Waals surface area contributed by atoms with Crippen LogP contribution < -0.4 is 9.47 Å². The van der Waals surface area contributed by atoms with Gasteiger partial charge >= 0.3 is 0 Å². The van der Waals surface area contributed by atoms with Gasteiger partial charge in [0.1, 0.15) is 12.4 Å². The first-order valence-corrected chi connectivity index (χ1v) is 11.1. The molecule has 2 aromatic carbocycles. The second-order valence-electron chi connectivity index (χ2n) is 7.20. The second-order valence-corrected chi connectivity index (χ2v) is 8.24. The van der Waals surface area contributed by atoms with Crippen molar-refractivity contribution in [2.24, 2.45) is 0 Å². The zero-order chi connectivity index (χ0) is 21.9. The summed E-state index contributed by atoms with van der Waals surface area (Å²) in [7, 11) is 0. The lowest BCUT2D eigenvalue weighted by Crippen LogP contribution is -2.21. The molecule has 3 heterocycles. The Labute approximate surface area is 187 Å². The van der Waals surface area contributed by atoms with E-state index in [2.05, 4.69) is 20.3 Å². The number of hydrogen-bond donors (Lipinski definition) is 0. The SMILES string of the molecule is Cc1ccc(-c2noc(CCCSc3nnc(C4COc5ccccc5O4)o3)n2)cc1F. The number of benzene rings is 2. The molecular weight excluding hydrogens is 435 g/mol. The van der Waals surface area contributed by atoms with Gasteiger partial charge in [0.05, 0.1) is 0 Å². The Kier molecular flexibility index (Phi) is 5.76. The van der Waals surface area contributed by atoms with E-state index in [1.54, 1.807) is 19.1 Å². The number of hydrogen-bond acceptors (Lipinski definition) is 9. The lowest BCUT2D eigenvalue weighted by Gasteiger charge is -2.23. The summed E-state index contributed by atoms with van der Waals surface area (Å²) in [5, 5.41) is 12.6. The fourth-order valence-corrected chi connectivity index (χ4v) is 3.84. The van der Waals surface area contributed by atoms with Crippen LogP contribution in [-0.2, 0) is 6.42 Å². The van der Waals surface area contributed by atoms with E-state index in [9.17, 15) is 4.39 Å². The van der Waals surface area contributed by atoms with Crippen molar-refractivity contribution in [1.82, 2.24) is 20.3 Å². The maximum Gasteiger partial charge on any atom is 0.276 e. The number of aryl methyl sites for hydroxylation is 2. The Balaban J connectivity index is 1.11. The Morgan fingerprint density at radius 2 is 2.00 bits per heavy atom. The lowest BCUT2D eigenvalue weighted by molar-refractivity contribution is 0.0686. The van der Waals surface area contributed by atoms with Gasteiger partial charge in [0.15, 0.2) is 11.5 Å². The van der Waals surface area contributed by atoms with Gasteiger partial charge in [-0.25, -0.2) is 4.39 Å². The number of halogens is 1. The molecule has 5 rings (SSSR count). The van der Waals surface area contributed by atoms with Gasteiger partial charge in [-0.1, -0.05) is 41.2 Å². The maximum atomic E-state index is 13.7. The van der Waals surface area contributed by atoms with Crippen LogP contribution >= 0.6 is 11.8 Å². The van der Waals surface area contributed by atoms with E-state index in [1.165, 1.54) is 17.8 Å². The molecular formula is C22H19FN4O4S. The van der Waals surface area contributed by atoms with E-state index in [4.69, 9.17) is 18.4 Å². The summed E-state index contributed by atoms with van der Waals surface area (Å²) < 4.78 is 36.3. The Hall–Kier alpha value is -3.40. The third kappa shape index (κ3) is 4.45. The molecule has 0 bridgehead atoms. The number of rotatable bonds is 7. The first-order chi connectivity index (χ1) is 15.7. The average molecular weight is 454 g/mol. The van der Waals surface area contributed by atoms with Gasteiger partial charge < -0.3 is 18.4 Å². The van der Waals surface area contributed by atoms with Crippen LogP contribution in [0.25, 0.3) is 11.4 Å². The monoisotopic (exact) mass is 454 g/mol. The molecule has 8 nitrogen and oxygen atoms in total. The lowest BCUT2D eigenvalue weighted by atomic mass is 10.1. The number of nitrogens with zero attached hydrogens (tertiary/aromatic N) is 4. The number of thioether (sulfide) groups is 1. The van der Waals surface area contributed by atoms with Gasteiger partial charge in [0, 0.05) is 17.7 Å². The van der Waals surface area contributed by atoms with E-state index in [0.29, 0.717) is 58.5 Å². The summed E-state index contributed by atoms with van der Waals surface area (Å²) in [5.74, 6) is 3.05. The summed E-state index contributed by atoms with van der Waals surface area (Å²) >= 11 is 1.44. The molecule has 32 heavy (non-hydrogen) atoms. The van der Waals surface area contributed by atoms with Crippen LogP contribution in [0.3, 0.4) is 0 Å². The summed E-state index contributed by atoms with van der Waals surface area (Å²) in [5.41, 5.74) is 1.17. The molecule has 164 valence electrons. The topological polar surface area (TPSA) is 96.3 Å². The van der Waals surface area contributed by atoms with Crippen LogP contribution in [0.5, 0.6) is 11.5 Å². The molecule has 2 aromatic heterocycles. The minimum atomic E-state index is -0.435. The van der Waals surface area contributed by atoms with E-state index in [0.717, 1.165) is 12.2 Å². The van der Waals surface area contributed by atoms with Gasteiger partial charge in [-0.3, -0.25) is 0 Å². The zero-order valence-electron chi connectivity index (χ0n) is 17.2. The molecule has 0 spiro atoms. The van der Waals surface area contributed by atoms with Crippen molar-refractivity contribution < 1.29 is 22.8 Å². The molecule has 1 atom stereocenters. The zero-order valence-corrected chi connectivity index (χ0v) is 18.0. The molecule has 1 aliphatic heterocycles. The van der Waals surface area contributed by atoms with Crippen molar-refractivity contribution in [3.8, 4) is 22.9 Å². The van der Waals surface area contributed by atoms with Gasteiger partial charge in [0.2, 0.25) is 17.8 Å². The third-order valence-corrected chi connectivity index (χ3v) is 5.77. The molecule has 4 aromatic rings. The smallest absolute Gasteiger partial charge is 0.276 e. The highest BCUT2D eigenvalue weighted by atomic mass is 32.2. The minimum Gasteiger partial charge on any atom is -0.485 e. The van der Waals surface area contributed by atoms with E-state index < -0.39 is 6.10 Å². The molecule has 0 fully saturated rings. The molecule has 0 saturated heterocycles. The van der Waals surface area contributed by atoms with E-state index in [1.807, 2.05) is 24.3 Å². The number of fused-ring (bicyclic) bond motifs is 1. The maximum absolute atomic E-state index is 13.7. The normalized spacial score (nSPS) is 15.1. The number of ether oxygens (including phenoxy) is 2. The van der Waals surface area contributed by atoms with Crippen molar-refractivity contribution in [2.75, 3.05) is 12.4 Å². The van der Waals surface area contributed by atoms with E-state index in [-0.39, 0.29) is 5.82 Å². The minimum absolute atomic E-state index is 0.293. The number of para-hydroxylation sites is 2. The fraction of sp³-hybridized carbons (Fsp3) is 0.273. The molecule has 0 radical (unpaired) electrons. The summed E-state index contributed by atoms with van der Waals surface area (Å²) in [4.78, 5) is 4.34. The molecule has 0 amide bonds. The van der Waals surface area contributed by atoms with Crippen LogP contribution in [-0.4, -0.2) is 32.7 Å². The average Bonchev–Trinajstić information content (AvgIpc) is 3.48. The Morgan fingerprint density at radius 1 is 1.12 bits per heavy atom. The van der Waals surface area contributed by atoms with Crippen LogP contribution in [0.2, 0.25) is 0 Å². The first kappa shape index (κ1) is 20.5. The van der Waals surface area contributed by atoms with Gasteiger partial charge in [-0.05, 0) is 37.1 Å². The van der Waals surface area contributed by atoms with Crippen LogP contribution in [0.1, 0.15) is 29.9 Å². The van der Waals surface area contributed by atoms with Crippen molar-refractivity contribution in [2.45, 2.75) is 31.1 Å². The second kappa shape index (κ2) is 8.99. The predicted molar refractivity (Wildman–Crippen MR) is 113 cm³/mol. The molecule has 1 unspecified atom stereocenters. The standard InChI is InChI=1S/C22H19FN4O4S/c1-13-8-9-14(11-15(13)23)20-24-19(31-27-20)7-4-10-32-22-26-25-21(30-22)18-12-28-16-5-2-3-6-17(16)29-18/h2-3,5-6,8-9,11,18H,4,7,10,12H2,1H3. The highest BCUT2D eigenvalue weighted by Gasteiger charge is 2.27. The highest BCUT2D eigenvalue weighted by Crippen LogP contribution is 2.36. The third-order valence-electron chi connectivity index (χ3n) is 4.86. The Morgan fingerprint density at radius 3 is 2.88 bits per heavy atom. The molecule has 0 aliphatic carbocycles. The quantitative estimate of drug-likeness (QED) is 0.288. The van der Waals surface area contributed by atoms with Crippen LogP contribution in [0, 0.1) is 12.7 Å². The number of aromatic nitrogens is 4. The summed E-state index contributed by atoms with van der Waals surface area (Å²) in [6.07, 6.45) is 0.921. The van der Waals surface area contributed by atoms with Crippen LogP contribution in [0.4, 0.5) is 4.39 Å². The van der Waals surface area contributed by atoms with Crippen molar-refractivity contribution in [1.29, 1.82) is 0 Å². The molecule has 1 aliphatic rings. The predicted octanol–water partition coefficient (Wildman–Crippen LogP) is 4.80. The van der Waals surface area contributed by atoms with E-state index >= 15 is 0 Å². The van der Waals surface area contributed by atoms with Gasteiger partial charge in [-0.15, -0.1) is 10.2 Å². The Bertz CT molecular complexity index is 1230. The van der Waals surface area contributed by atoms with Crippen LogP contribution in [0.15, 0.2) is 56.6 Å². The van der Waals surface area contributed by atoms with Gasteiger partial charge in [-0.2, -0.15) is 4.98 Å². The fourth-order valence-electron chi connectivity index (χ4n) is 3.14. The molecule has 10 heteroatoms. The van der Waals surface area contributed by atoms with Crippen molar-refractivity contribution >= 4 is 11.8 Å². The van der Waals surface area contributed by atoms with Crippen molar-refractivity contribution in [3.63, 3.8) is 0 Å². The van der Waals surface area contributed by atoms with Crippen molar-refractivity contribution in [3.05, 3.63) is 65.6 Å². The van der Waals surface area contributed by atoms with Gasteiger partial charge in [0.25, 0.3) is 11.1 Å². The summed E-state index contributed by atoms with van der Waals surface area (Å²) in [6, 6.07) is 12.3.